The standard InChI is InChI=1S/C24H25N3O3S/c1-29-20-6-5-15(10-21(20)30-2)7-8-25-24-26-19(14-31-24)17-11-16-4-3-9-27-22(28)13-18(12-17)23(16)27/h5-6,10-12,14H,3-4,7-9,13H2,1-2H3,(H,25,26). The molecule has 0 unspecified atom stereocenters. The molecule has 2 aliphatic rings. The quantitative estimate of drug-likeness (QED) is 0.599. The normalized spacial score (nSPS) is 14.5. The number of nitrogens with one attached hydrogen (secondary N) is 1. The van der Waals surface area contributed by atoms with Crippen molar-refractivity contribution >= 4 is 28.1 Å². The van der Waals surface area contributed by atoms with Gasteiger partial charge in [-0.1, -0.05) is 6.07 Å². The van der Waals surface area contributed by atoms with Gasteiger partial charge < -0.3 is 19.7 Å². The minimum absolute atomic E-state index is 0.226. The van der Waals surface area contributed by atoms with Gasteiger partial charge in [-0.05, 0) is 60.2 Å². The summed E-state index contributed by atoms with van der Waals surface area (Å²) in [6.45, 7) is 1.63. The summed E-state index contributed by atoms with van der Waals surface area (Å²) in [4.78, 5) is 19.1. The van der Waals surface area contributed by atoms with Crippen LogP contribution in [0.25, 0.3) is 11.3 Å². The van der Waals surface area contributed by atoms with Gasteiger partial charge in [0.05, 0.1) is 32.0 Å². The van der Waals surface area contributed by atoms with Crippen molar-refractivity contribution in [2.75, 3.05) is 37.5 Å². The number of thiazole rings is 1. The van der Waals surface area contributed by atoms with E-state index in [9.17, 15) is 4.79 Å². The van der Waals surface area contributed by atoms with Crippen LogP contribution in [-0.2, 0) is 24.1 Å². The number of hydrogen-bond acceptors (Lipinski definition) is 6. The van der Waals surface area contributed by atoms with Gasteiger partial charge in [0.1, 0.15) is 0 Å². The van der Waals surface area contributed by atoms with Crippen molar-refractivity contribution in [2.45, 2.75) is 25.7 Å². The molecule has 5 rings (SSSR count). The van der Waals surface area contributed by atoms with Gasteiger partial charge in [0.15, 0.2) is 16.6 Å². The number of hydrogen-bond donors (Lipinski definition) is 1. The first-order valence-electron chi connectivity index (χ1n) is 10.5. The van der Waals surface area contributed by atoms with Crippen molar-refractivity contribution in [3.05, 3.63) is 52.4 Å². The van der Waals surface area contributed by atoms with Crippen molar-refractivity contribution in [3.63, 3.8) is 0 Å². The molecule has 0 saturated carbocycles. The van der Waals surface area contributed by atoms with Crippen molar-refractivity contribution in [1.82, 2.24) is 4.98 Å². The molecule has 6 nitrogen and oxygen atoms in total. The maximum atomic E-state index is 12.3. The molecule has 0 aliphatic carbocycles. The van der Waals surface area contributed by atoms with Crippen molar-refractivity contribution in [2.24, 2.45) is 0 Å². The van der Waals surface area contributed by atoms with Gasteiger partial charge in [-0.2, -0.15) is 0 Å². The van der Waals surface area contributed by atoms with E-state index in [1.54, 1.807) is 25.6 Å². The molecule has 0 spiro atoms. The molecule has 0 fully saturated rings. The molecule has 0 bridgehead atoms. The average Bonchev–Trinajstić information content (AvgIpc) is 3.39. The third kappa shape index (κ3) is 3.74. The fourth-order valence-corrected chi connectivity index (χ4v) is 5.21. The Morgan fingerprint density at radius 1 is 1.13 bits per heavy atom. The summed E-state index contributed by atoms with van der Waals surface area (Å²) in [5.41, 5.74) is 6.83. The van der Waals surface area contributed by atoms with Crippen LogP contribution in [0.3, 0.4) is 0 Å². The largest absolute Gasteiger partial charge is 0.493 e. The molecule has 3 aromatic rings. The molecule has 3 heterocycles. The highest BCUT2D eigenvalue weighted by atomic mass is 32.1. The first-order valence-corrected chi connectivity index (χ1v) is 11.4. The fraction of sp³-hybridized carbons (Fsp3) is 0.333. The number of rotatable bonds is 7. The van der Waals surface area contributed by atoms with Gasteiger partial charge in [-0.3, -0.25) is 4.79 Å². The molecule has 0 atom stereocenters. The zero-order chi connectivity index (χ0) is 21.4. The number of amides is 1. The van der Waals surface area contributed by atoms with Gasteiger partial charge in [0.2, 0.25) is 5.91 Å². The summed E-state index contributed by atoms with van der Waals surface area (Å²) in [5.74, 6) is 1.71. The average molecular weight is 436 g/mol. The van der Waals surface area contributed by atoms with Gasteiger partial charge >= 0.3 is 0 Å². The third-order valence-electron chi connectivity index (χ3n) is 5.95. The molecule has 1 aromatic heterocycles. The van der Waals surface area contributed by atoms with Crippen LogP contribution in [0, 0.1) is 0 Å². The maximum Gasteiger partial charge on any atom is 0.231 e. The van der Waals surface area contributed by atoms with E-state index in [1.807, 2.05) is 17.0 Å². The topological polar surface area (TPSA) is 63.7 Å². The smallest absolute Gasteiger partial charge is 0.231 e. The van der Waals surface area contributed by atoms with E-state index in [0.29, 0.717) is 6.42 Å². The number of methoxy groups -OCH3 is 2. The highest BCUT2D eigenvalue weighted by Gasteiger charge is 2.32. The SMILES string of the molecule is COc1ccc(CCNc2nc(-c3cc4c5c(c3)CC(=O)N5CCC4)cs2)cc1OC. The number of benzene rings is 2. The Bertz CT molecular complexity index is 1140. The lowest BCUT2D eigenvalue weighted by Crippen LogP contribution is -2.31. The van der Waals surface area contributed by atoms with Crippen LogP contribution in [0.1, 0.15) is 23.1 Å². The molecule has 7 heteroatoms. The van der Waals surface area contributed by atoms with E-state index in [4.69, 9.17) is 14.5 Å². The third-order valence-corrected chi connectivity index (χ3v) is 6.75. The van der Waals surface area contributed by atoms with Gasteiger partial charge in [0, 0.05) is 24.0 Å². The molecule has 2 aliphatic heterocycles. The van der Waals surface area contributed by atoms with Crippen LogP contribution in [0.4, 0.5) is 10.8 Å². The highest BCUT2D eigenvalue weighted by Crippen LogP contribution is 2.40. The molecule has 1 amide bonds. The van der Waals surface area contributed by atoms with Crippen molar-refractivity contribution < 1.29 is 14.3 Å². The second kappa shape index (κ2) is 8.23. The number of aryl methyl sites for hydroxylation is 1. The van der Waals surface area contributed by atoms with Crippen molar-refractivity contribution in [3.8, 4) is 22.8 Å². The molecule has 31 heavy (non-hydrogen) atoms. The zero-order valence-electron chi connectivity index (χ0n) is 17.7. The van der Waals surface area contributed by atoms with E-state index < -0.39 is 0 Å². The zero-order valence-corrected chi connectivity index (χ0v) is 18.6. The second-order valence-corrected chi connectivity index (χ2v) is 8.73. The van der Waals surface area contributed by atoms with E-state index in [2.05, 4.69) is 28.9 Å². The van der Waals surface area contributed by atoms with E-state index in [1.165, 1.54) is 11.1 Å². The van der Waals surface area contributed by atoms with E-state index >= 15 is 0 Å². The van der Waals surface area contributed by atoms with E-state index in [-0.39, 0.29) is 5.91 Å². The Morgan fingerprint density at radius 2 is 1.97 bits per heavy atom. The Balaban J connectivity index is 1.27. The number of anilines is 2. The van der Waals surface area contributed by atoms with Gasteiger partial charge in [-0.25, -0.2) is 4.98 Å². The lowest BCUT2D eigenvalue weighted by molar-refractivity contribution is -0.117. The maximum absolute atomic E-state index is 12.3. The number of carbonyl (C=O) groups excluding carboxylic acids is 1. The fourth-order valence-electron chi connectivity index (χ4n) is 4.46. The Kier molecular flexibility index (Phi) is 5.28. The summed E-state index contributed by atoms with van der Waals surface area (Å²) in [6, 6.07) is 10.4. The first kappa shape index (κ1) is 19.9. The Labute approximate surface area is 185 Å². The number of aromatic nitrogens is 1. The molecule has 2 aromatic carbocycles. The lowest BCUT2D eigenvalue weighted by Gasteiger charge is -2.25. The van der Waals surface area contributed by atoms with Crippen LogP contribution >= 0.6 is 11.3 Å². The lowest BCUT2D eigenvalue weighted by atomic mass is 9.96. The monoisotopic (exact) mass is 435 g/mol. The Morgan fingerprint density at radius 3 is 2.81 bits per heavy atom. The molecular weight excluding hydrogens is 410 g/mol. The first-order chi connectivity index (χ1) is 15.2. The predicted octanol–water partition coefficient (Wildman–Crippen LogP) is 4.32. The summed E-state index contributed by atoms with van der Waals surface area (Å²) in [5, 5.41) is 6.42. The van der Waals surface area contributed by atoms with Crippen molar-refractivity contribution in [1.29, 1.82) is 0 Å². The molecule has 160 valence electrons. The summed E-state index contributed by atoms with van der Waals surface area (Å²) >= 11 is 1.61. The number of carbonyl (C=O) groups is 1. The Hall–Kier alpha value is -3.06. The van der Waals surface area contributed by atoms with Crippen LogP contribution in [-0.4, -0.2) is 38.2 Å². The van der Waals surface area contributed by atoms with Crippen LogP contribution < -0.4 is 19.7 Å². The molecule has 0 radical (unpaired) electrons. The van der Waals surface area contributed by atoms with Crippen LogP contribution in [0.2, 0.25) is 0 Å². The second-order valence-electron chi connectivity index (χ2n) is 7.87. The number of nitrogens with zero attached hydrogens (tertiary/aromatic N) is 2. The van der Waals surface area contributed by atoms with Crippen LogP contribution in [0.5, 0.6) is 11.5 Å². The van der Waals surface area contributed by atoms with E-state index in [0.717, 1.165) is 71.5 Å². The molecule has 0 saturated heterocycles. The van der Waals surface area contributed by atoms with Gasteiger partial charge in [0.25, 0.3) is 0 Å². The molecule has 1 N–H and O–H groups in total. The summed E-state index contributed by atoms with van der Waals surface area (Å²) < 4.78 is 10.7. The van der Waals surface area contributed by atoms with Gasteiger partial charge in [-0.15, -0.1) is 11.3 Å². The summed E-state index contributed by atoms with van der Waals surface area (Å²) in [7, 11) is 3.29. The molecular formula is C24H25N3O3S. The predicted molar refractivity (Wildman–Crippen MR) is 124 cm³/mol. The minimum Gasteiger partial charge on any atom is -0.493 e. The highest BCUT2D eigenvalue weighted by molar-refractivity contribution is 7.14. The number of ether oxygens (including phenoxy) is 2. The van der Waals surface area contributed by atoms with Crippen LogP contribution in [0.15, 0.2) is 35.7 Å². The minimum atomic E-state index is 0.226. The summed E-state index contributed by atoms with van der Waals surface area (Å²) in [6.07, 6.45) is 3.43.